The quantitative estimate of drug-likeness (QED) is 0.772. The minimum Gasteiger partial charge on any atom is -0.491 e. The number of anilines is 1. The number of hydrogen-bond acceptors (Lipinski definition) is 2. The Kier molecular flexibility index (Phi) is 5.36. The maximum absolute atomic E-state index is 12.5. The zero-order chi connectivity index (χ0) is 16.8. The van der Waals surface area contributed by atoms with Crippen LogP contribution in [0, 0.1) is 5.92 Å². The van der Waals surface area contributed by atoms with Gasteiger partial charge in [0, 0.05) is 0 Å². The summed E-state index contributed by atoms with van der Waals surface area (Å²) in [5.41, 5.74) is 1.86. The second kappa shape index (κ2) is 7.86. The molecule has 3 rings (SSSR count). The lowest BCUT2D eigenvalue weighted by atomic mass is 10.0. The molecule has 1 aliphatic rings. The molecule has 2 aromatic rings. The fourth-order valence-electron chi connectivity index (χ4n) is 2.77. The molecule has 1 fully saturated rings. The highest BCUT2D eigenvalue weighted by Gasteiger charge is 2.33. The Morgan fingerprint density at radius 2 is 1.83 bits per heavy atom. The van der Waals surface area contributed by atoms with Gasteiger partial charge in [-0.1, -0.05) is 49.4 Å². The summed E-state index contributed by atoms with van der Waals surface area (Å²) in [5, 5.41) is 6.05. The molecule has 0 spiro atoms. The molecule has 0 saturated heterocycles. The lowest BCUT2D eigenvalue weighted by molar-refractivity contribution is 0.246. The fourth-order valence-corrected chi connectivity index (χ4v) is 2.77. The summed E-state index contributed by atoms with van der Waals surface area (Å²) >= 11 is 0. The number of rotatable bonds is 7. The third-order valence-electron chi connectivity index (χ3n) is 4.14. The van der Waals surface area contributed by atoms with E-state index in [9.17, 15) is 4.79 Å². The molecule has 0 radical (unpaired) electrons. The molecule has 1 unspecified atom stereocenters. The predicted octanol–water partition coefficient (Wildman–Crippen LogP) is 4.75. The topological polar surface area (TPSA) is 50.4 Å². The molecule has 0 aromatic heterocycles. The highest BCUT2D eigenvalue weighted by Crippen LogP contribution is 2.41. The van der Waals surface area contributed by atoms with Crippen LogP contribution >= 0.6 is 0 Å². The van der Waals surface area contributed by atoms with Crippen LogP contribution in [0.25, 0.3) is 0 Å². The van der Waals surface area contributed by atoms with Gasteiger partial charge >= 0.3 is 6.03 Å². The number of carbonyl (C=O) groups is 1. The van der Waals surface area contributed by atoms with Gasteiger partial charge in [-0.15, -0.1) is 0 Å². The standard InChI is InChI=1S/C20H24N2O2/c1-2-14-24-18-11-7-6-10-17(18)21-20(23)22-19(16-12-13-16)15-8-4-3-5-9-15/h3-11,16,19H,2,12-14H2,1H3,(H2,21,22,23). The number of amides is 2. The normalized spacial score (nSPS) is 14.7. The first-order valence-corrected chi connectivity index (χ1v) is 8.62. The van der Waals surface area contributed by atoms with E-state index in [1.807, 2.05) is 42.5 Å². The van der Waals surface area contributed by atoms with E-state index in [0.717, 1.165) is 24.8 Å². The smallest absolute Gasteiger partial charge is 0.319 e. The van der Waals surface area contributed by atoms with Gasteiger partial charge in [0.05, 0.1) is 18.3 Å². The Morgan fingerprint density at radius 1 is 1.12 bits per heavy atom. The van der Waals surface area contributed by atoms with Crippen molar-refractivity contribution in [2.45, 2.75) is 32.2 Å². The van der Waals surface area contributed by atoms with Gasteiger partial charge in [-0.3, -0.25) is 0 Å². The summed E-state index contributed by atoms with van der Waals surface area (Å²) in [6.07, 6.45) is 3.25. The van der Waals surface area contributed by atoms with E-state index in [1.54, 1.807) is 0 Å². The Morgan fingerprint density at radius 3 is 2.54 bits per heavy atom. The largest absolute Gasteiger partial charge is 0.491 e. The van der Waals surface area contributed by atoms with E-state index in [4.69, 9.17) is 4.74 Å². The molecule has 1 saturated carbocycles. The van der Waals surface area contributed by atoms with Crippen molar-refractivity contribution in [1.29, 1.82) is 0 Å². The van der Waals surface area contributed by atoms with Gasteiger partial charge < -0.3 is 15.4 Å². The lowest BCUT2D eigenvalue weighted by Gasteiger charge is -2.20. The highest BCUT2D eigenvalue weighted by molar-refractivity contribution is 5.91. The van der Waals surface area contributed by atoms with E-state index in [2.05, 4.69) is 29.7 Å². The second-order valence-corrected chi connectivity index (χ2v) is 6.17. The van der Waals surface area contributed by atoms with Crippen LogP contribution in [0.1, 0.15) is 37.8 Å². The van der Waals surface area contributed by atoms with Crippen molar-refractivity contribution in [3.8, 4) is 5.75 Å². The maximum atomic E-state index is 12.5. The maximum Gasteiger partial charge on any atom is 0.319 e. The molecule has 24 heavy (non-hydrogen) atoms. The molecule has 4 nitrogen and oxygen atoms in total. The van der Waals surface area contributed by atoms with Crippen molar-refractivity contribution < 1.29 is 9.53 Å². The molecular weight excluding hydrogens is 300 g/mol. The number of carbonyl (C=O) groups excluding carboxylic acids is 1. The van der Waals surface area contributed by atoms with Gasteiger partial charge in [-0.25, -0.2) is 4.79 Å². The average molecular weight is 324 g/mol. The summed E-state index contributed by atoms with van der Waals surface area (Å²) in [4.78, 5) is 12.5. The molecule has 0 bridgehead atoms. The molecule has 2 N–H and O–H groups in total. The van der Waals surface area contributed by atoms with Crippen LogP contribution in [0.5, 0.6) is 5.75 Å². The van der Waals surface area contributed by atoms with Gasteiger partial charge in [0.2, 0.25) is 0 Å². The third-order valence-corrected chi connectivity index (χ3v) is 4.14. The molecule has 2 aromatic carbocycles. The third kappa shape index (κ3) is 4.28. The molecular formula is C20H24N2O2. The number of ether oxygens (including phenoxy) is 1. The van der Waals surface area contributed by atoms with Crippen molar-refractivity contribution in [2.75, 3.05) is 11.9 Å². The van der Waals surface area contributed by atoms with Crippen molar-refractivity contribution in [1.82, 2.24) is 5.32 Å². The van der Waals surface area contributed by atoms with Crippen LogP contribution in [0.3, 0.4) is 0 Å². The minimum atomic E-state index is -0.191. The zero-order valence-electron chi connectivity index (χ0n) is 14.0. The second-order valence-electron chi connectivity index (χ2n) is 6.17. The van der Waals surface area contributed by atoms with E-state index in [1.165, 1.54) is 0 Å². The first kappa shape index (κ1) is 16.4. The molecule has 0 aliphatic heterocycles. The molecule has 2 amide bonds. The lowest BCUT2D eigenvalue weighted by Crippen LogP contribution is -2.33. The molecule has 126 valence electrons. The Labute approximate surface area is 143 Å². The first-order chi connectivity index (χ1) is 11.8. The summed E-state index contributed by atoms with van der Waals surface area (Å²) in [5.74, 6) is 1.24. The zero-order valence-corrected chi connectivity index (χ0v) is 14.0. The van der Waals surface area contributed by atoms with Crippen molar-refractivity contribution >= 4 is 11.7 Å². The van der Waals surface area contributed by atoms with Crippen LogP contribution in [0.15, 0.2) is 54.6 Å². The van der Waals surface area contributed by atoms with Crippen LogP contribution in [0.4, 0.5) is 10.5 Å². The first-order valence-electron chi connectivity index (χ1n) is 8.62. The van der Waals surface area contributed by atoms with Crippen LogP contribution < -0.4 is 15.4 Å². The van der Waals surface area contributed by atoms with Gasteiger partial charge in [0.25, 0.3) is 0 Å². The summed E-state index contributed by atoms with van der Waals surface area (Å²) in [7, 11) is 0. The number of hydrogen-bond donors (Lipinski definition) is 2. The van der Waals surface area contributed by atoms with Gasteiger partial charge in [0.1, 0.15) is 5.75 Å². The van der Waals surface area contributed by atoms with Crippen LogP contribution in [-0.2, 0) is 0 Å². The number of para-hydroxylation sites is 2. The molecule has 1 aliphatic carbocycles. The van der Waals surface area contributed by atoms with Gasteiger partial charge in [0.15, 0.2) is 0 Å². The van der Waals surface area contributed by atoms with E-state index >= 15 is 0 Å². The number of benzene rings is 2. The SMILES string of the molecule is CCCOc1ccccc1NC(=O)NC(c1ccccc1)C1CC1. The molecule has 1 atom stereocenters. The molecule has 4 heteroatoms. The summed E-state index contributed by atoms with van der Waals surface area (Å²) in [6.45, 7) is 2.69. The van der Waals surface area contributed by atoms with Crippen molar-refractivity contribution in [3.63, 3.8) is 0 Å². The van der Waals surface area contributed by atoms with E-state index < -0.39 is 0 Å². The van der Waals surface area contributed by atoms with E-state index in [-0.39, 0.29) is 12.1 Å². The highest BCUT2D eigenvalue weighted by atomic mass is 16.5. The molecule has 0 heterocycles. The van der Waals surface area contributed by atoms with Crippen LogP contribution in [-0.4, -0.2) is 12.6 Å². The fraction of sp³-hybridized carbons (Fsp3) is 0.350. The average Bonchev–Trinajstić information content (AvgIpc) is 3.45. The number of urea groups is 1. The summed E-state index contributed by atoms with van der Waals surface area (Å²) < 4.78 is 5.69. The Balaban J connectivity index is 1.66. The van der Waals surface area contributed by atoms with Gasteiger partial charge in [-0.2, -0.15) is 0 Å². The number of nitrogens with one attached hydrogen (secondary N) is 2. The Hall–Kier alpha value is -2.49. The summed E-state index contributed by atoms with van der Waals surface area (Å²) in [6, 6.07) is 17.6. The van der Waals surface area contributed by atoms with Crippen LogP contribution in [0.2, 0.25) is 0 Å². The predicted molar refractivity (Wildman–Crippen MR) is 96.3 cm³/mol. The Bertz CT molecular complexity index is 668. The van der Waals surface area contributed by atoms with Crippen molar-refractivity contribution in [2.24, 2.45) is 5.92 Å². The van der Waals surface area contributed by atoms with E-state index in [0.29, 0.717) is 24.0 Å². The minimum absolute atomic E-state index is 0.0647. The van der Waals surface area contributed by atoms with Gasteiger partial charge in [-0.05, 0) is 42.9 Å². The monoisotopic (exact) mass is 324 g/mol. The van der Waals surface area contributed by atoms with Crippen molar-refractivity contribution in [3.05, 3.63) is 60.2 Å².